The minimum absolute atomic E-state index is 0.166. The predicted octanol–water partition coefficient (Wildman–Crippen LogP) is -0.480. The molecule has 20 heavy (non-hydrogen) atoms. The van der Waals surface area contributed by atoms with Crippen molar-refractivity contribution < 1.29 is 24.2 Å². The summed E-state index contributed by atoms with van der Waals surface area (Å²) in [5.74, 6) is -2.15. The number of carboxylic acid groups (broad SMARTS) is 1. The Kier molecular flexibility index (Phi) is 6.77. The highest BCUT2D eigenvalue weighted by molar-refractivity contribution is 5.86. The minimum atomic E-state index is -1.14. The molecule has 3 N–H and O–H groups in total. The smallest absolute Gasteiger partial charge is 0.322 e. The van der Waals surface area contributed by atoms with Crippen molar-refractivity contribution >= 4 is 17.8 Å². The van der Waals surface area contributed by atoms with Gasteiger partial charge in [-0.2, -0.15) is 0 Å². The van der Waals surface area contributed by atoms with Crippen molar-refractivity contribution in [3.63, 3.8) is 0 Å². The third-order valence-electron chi connectivity index (χ3n) is 2.23. The summed E-state index contributed by atoms with van der Waals surface area (Å²) in [6.45, 7) is -0.611. The molecule has 0 aliphatic heterocycles. The Bertz CT molecular complexity index is 461. The molecule has 7 heteroatoms. The van der Waals surface area contributed by atoms with E-state index in [4.69, 9.17) is 9.84 Å². The topological polar surface area (TPSA) is 105 Å². The number of nitrogens with one attached hydrogen (secondary N) is 2. The van der Waals surface area contributed by atoms with Crippen LogP contribution in [0.15, 0.2) is 30.3 Å². The van der Waals surface area contributed by atoms with Crippen LogP contribution >= 0.6 is 0 Å². The Morgan fingerprint density at radius 1 is 1.00 bits per heavy atom. The fraction of sp³-hybridized carbons (Fsp3) is 0.308. The van der Waals surface area contributed by atoms with Crippen molar-refractivity contribution in [1.29, 1.82) is 0 Å². The fourth-order valence-electron chi connectivity index (χ4n) is 1.30. The summed E-state index contributed by atoms with van der Waals surface area (Å²) >= 11 is 0. The zero-order chi connectivity index (χ0) is 14.8. The lowest BCUT2D eigenvalue weighted by molar-refractivity contribution is -0.137. The minimum Gasteiger partial charge on any atom is -0.480 e. The van der Waals surface area contributed by atoms with E-state index in [1.165, 1.54) is 0 Å². The van der Waals surface area contributed by atoms with E-state index >= 15 is 0 Å². The summed E-state index contributed by atoms with van der Waals surface area (Å²) in [4.78, 5) is 32.7. The van der Waals surface area contributed by atoms with Gasteiger partial charge in [0.2, 0.25) is 11.8 Å². The molecule has 0 spiro atoms. The summed E-state index contributed by atoms with van der Waals surface area (Å²) in [5.41, 5.74) is 0.944. The maximum absolute atomic E-state index is 11.3. The van der Waals surface area contributed by atoms with Crippen LogP contribution in [0.25, 0.3) is 0 Å². The first-order valence-corrected chi connectivity index (χ1v) is 5.95. The van der Waals surface area contributed by atoms with Gasteiger partial charge < -0.3 is 20.5 Å². The zero-order valence-corrected chi connectivity index (χ0v) is 10.8. The van der Waals surface area contributed by atoms with E-state index < -0.39 is 24.3 Å². The molecule has 0 aliphatic rings. The number of hydrogen-bond donors (Lipinski definition) is 3. The van der Waals surface area contributed by atoms with Gasteiger partial charge in [0, 0.05) is 0 Å². The van der Waals surface area contributed by atoms with Crippen LogP contribution in [0.3, 0.4) is 0 Å². The maximum Gasteiger partial charge on any atom is 0.322 e. The van der Waals surface area contributed by atoms with E-state index in [1.54, 1.807) is 0 Å². The maximum atomic E-state index is 11.3. The summed E-state index contributed by atoms with van der Waals surface area (Å²) in [6, 6.07) is 9.36. The lowest BCUT2D eigenvalue weighted by atomic mass is 10.2. The highest BCUT2D eigenvalue weighted by Crippen LogP contribution is 1.99. The highest BCUT2D eigenvalue weighted by Gasteiger charge is 2.06. The number of carboxylic acids is 1. The summed E-state index contributed by atoms with van der Waals surface area (Å²) in [5, 5.41) is 12.8. The molecule has 0 bridgehead atoms. The van der Waals surface area contributed by atoms with Crippen molar-refractivity contribution in [2.45, 2.75) is 6.61 Å². The lowest BCUT2D eigenvalue weighted by Gasteiger charge is -2.06. The van der Waals surface area contributed by atoms with Gasteiger partial charge in [-0.05, 0) is 5.56 Å². The van der Waals surface area contributed by atoms with E-state index in [9.17, 15) is 14.4 Å². The average Bonchev–Trinajstić information content (AvgIpc) is 2.44. The quantitative estimate of drug-likeness (QED) is 0.596. The van der Waals surface area contributed by atoms with E-state index in [0.29, 0.717) is 6.61 Å². The Labute approximate surface area is 115 Å². The van der Waals surface area contributed by atoms with Crippen LogP contribution in [-0.2, 0) is 25.7 Å². The molecule has 0 heterocycles. The molecule has 0 fully saturated rings. The van der Waals surface area contributed by atoms with Crippen LogP contribution in [0.5, 0.6) is 0 Å². The number of rotatable bonds is 8. The van der Waals surface area contributed by atoms with Crippen LogP contribution in [0.1, 0.15) is 5.56 Å². The SMILES string of the molecule is O=C(O)CNC(=O)CNC(=O)COCc1ccccc1. The van der Waals surface area contributed by atoms with Crippen molar-refractivity contribution in [2.24, 2.45) is 0 Å². The number of aliphatic carboxylic acids is 1. The molecule has 0 radical (unpaired) electrons. The van der Waals surface area contributed by atoms with Crippen LogP contribution in [0.2, 0.25) is 0 Å². The highest BCUT2D eigenvalue weighted by atomic mass is 16.5. The molecule has 0 aliphatic carbocycles. The largest absolute Gasteiger partial charge is 0.480 e. The normalized spacial score (nSPS) is 9.80. The molecule has 108 valence electrons. The summed E-state index contributed by atoms with van der Waals surface area (Å²) in [6.07, 6.45) is 0. The number of carbonyl (C=O) groups excluding carboxylic acids is 2. The first kappa shape index (κ1) is 15.6. The Hall–Kier alpha value is -2.41. The van der Waals surface area contributed by atoms with Gasteiger partial charge >= 0.3 is 5.97 Å². The molecule has 0 unspecified atom stereocenters. The van der Waals surface area contributed by atoms with E-state index in [0.717, 1.165) is 5.56 Å². The molecule has 0 atom stereocenters. The number of hydrogen-bond acceptors (Lipinski definition) is 4. The van der Waals surface area contributed by atoms with Gasteiger partial charge in [0.05, 0.1) is 13.2 Å². The number of carbonyl (C=O) groups is 3. The molecule has 7 nitrogen and oxygen atoms in total. The Morgan fingerprint density at radius 2 is 1.65 bits per heavy atom. The van der Waals surface area contributed by atoms with Crippen LogP contribution in [0, 0.1) is 0 Å². The third-order valence-corrected chi connectivity index (χ3v) is 2.23. The Balaban J connectivity index is 2.11. The van der Waals surface area contributed by atoms with Crippen molar-refractivity contribution in [1.82, 2.24) is 10.6 Å². The molecule has 2 amide bonds. The second kappa shape index (κ2) is 8.65. The fourth-order valence-corrected chi connectivity index (χ4v) is 1.30. The zero-order valence-electron chi connectivity index (χ0n) is 10.8. The van der Waals surface area contributed by atoms with Gasteiger partial charge in [-0.15, -0.1) is 0 Å². The Morgan fingerprint density at radius 3 is 2.30 bits per heavy atom. The second-order valence-electron chi connectivity index (χ2n) is 3.93. The molecule has 0 saturated carbocycles. The molecule has 1 aromatic rings. The van der Waals surface area contributed by atoms with Gasteiger partial charge in [-0.25, -0.2) is 0 Å². The van der Waals surface area contributed by atoms with Crippen molar-refractivity contribution in [2.75, 3.05) is 19.7 Å². The average molecular weight is 280 g/mol. The van der Waals surface area contributed by atoms with Crippen LogP contribution in [-0.4, -0.2) is 42.6 Å². The van der Waals surface area contributed by atoms with Crippen LogP contribution < -0.4 is 10.6 Å². The predicted molar refractivity (Wildman–Crippen MR) is 69.8 cm³/mol. The van der Waals surface area contributed by atoms with Gasteiger partial charge in [0.15, 0.2) is 0 Å². The van der Waals surface area contributed by atoms with Crippen molar-refractivity contribution in [3.05, 3.63) is 35.9 Å². The van der Waals surface area contributed by atoms with E-state index in [2.05, 4.69) is 10.6 Å². The summed E-state index contributed by atoms with van der Waals surface area (Å²) < 4.78 is 5.17. The third kappa shape index (κ3) is 7.12. The first-order valence-electron chi connectivity index (χ1n) is 5.95. The molecule has 0 saturated heterocycles. The van der Waals surface area contributed by atoms with Crippen LogP contribution in [0.4, 0.5) is 0 Å². The van der Waals surface area contributed by atoms with Gasteiger partial charge in [0.25, 0.3) is 0 Å². The standard InChI is InChI=1S/C13H16N2O5/c16-11(15-7-13(18)19)6-14-12(17)9-20-8-10-4-2-1-3-5-10/h1-5H,6-9H2,(H,14,17)(H,15,16)(H,18,19). The number of amides is 2. The summed E-state index contributed by atoms with van der Waals surface area (Å²) in [7, 11) is 0. The second-order valence-corrected chi connectivity index (χ2v) is 3.93. The molecular formula is C13H16N2O5. The van der Waals surface area contributed by atoms with Crippen molar-refractivity contribution in [3.8, 4) is 0 Å². The van der Waals surface area contributed by atoms with E-state index in [-0.39, 0.29) is 13.2 Å². The molecule has 0 aromatic heterocycles. The molecule has 1 rings (SSSR count). The van der Waals surface area contributed by atoms with E-state index in [1.807, 2.05) is 30.3 Å². The number of ether oxygens (including phenoxy) is 1. The van der Waals surface area contributed by atoms with Gasteiger partial charge in [-0.1, -0.05) is 30.3 Å². The molecular weight excluding hydrogens is 264 g/mol. The lowest BCUT2D eigenvalue weighted by Crippen LogP contribution is -2.40. The monoisotopic (exact) mass is 280 g/mol. The number of benzene rings is 1. The van der Waals surface area contributed by atoms with Gasteiger partial charge in [0.1, 0.15) is 13.2 Å². The first-order chi connectivity index (χ1) is 9.58. The van der Waals surface area contributed by atoms with Gasteiger partial charge in [-0.3, -0.25) is 14.4 Å². The molecule has 1 aromatic carbocycles.